The molecule has 0 radical (unpaired) electrons. The quantitative estimate of drug-likeness (QED) is 0.670. The number of aromatic nitrogens is 2. The first-order valence-electron chi connectivity index (χ1n) is 9.90. The Balaban J connectivity index is 1.36. The van der Waals surface area contributed by atoms with Crippen LogP contribution in [-0.4, -0.2) is 53.6 Å². The van der Waals surface area contributed by atoms with Crippen LogP contribution in [0.1, 0.15) is 28.0 Å². The second-order valence-electron chi connectivity index (χ2n) is 7.61. The number of ether oxygens (including phenoxy) is 3. The molecule has 0 spiro atoms. The third-order valence-electron chi connectivity index (χ3n) is 5.06. The molecule has 1 aromatic carbocycles. The number of carbonyl (C=O) groups excluding carboxylic acids is 1. The van der Waals surface area contributed by atoms with Crippen LogP contribution in [0.2, 0.25) is 0 Å². The Hall–Kier alpha value is -2.89. The van der Waals surface area contributed by atoms with E-state index in [1.54, 1.807) is 18.2 Å². The van der Waals surface area contributed by atoms with Crippen LogP contribution in [0.3, 0.4) is 0 Å². The SMILES string of the molecule is O=C(NC1COc2ccc(COCC(F)(F)F)cc2C1)c1cc2n(n1)CCC(C(F)F)O2. The highest BCUT2D eigenvalue weighted by Gasteiger charge is 2.31. The highest BCUT2D eigenvalue weighted by Crippen LogP contribution is 2.28. The number of benzene rings is 1. The number of aryl methyl sites for hydroxylation is 1. The van der Waals surface area contributed by atoms with E-state index in [0.29, 0.717) is 17.7 Å². The number of carbonyl (C=O) groups is 1. The van der Waals surface area contributed by atoms with Crippen molar-refractivity contribution >= 4 is 5.91 Å². The average molecular weight is 461 g/mol. The number of nitrogens with zero attached hydrogens (tertiary/aromatic N) is 2. The number of nitrogens with one attached hydrogen (secondary N) is 1. The molecule has 3 heterocycles. The highest BCUT2D eigenvalue weighted by molar-refractivity contribution is 5.92. The molecule has 4 rings (SSSR count). The lowest BCUT2D eigenvalue weighted by molar-refractivity contribution is -0.176. The Labute approximate surface area is 179 Å². The Morgan fingerprint density at radius 1 is 1.31 bits per heavy atom. The smallest absolute Gasteiger partial charge is 0.411 e. The van der Waals surface area contributed by atoms with Gasteiger partial charge in [-0.1, -0.05) is 6.07 Å². The number of fused-ring (bicyclic) bond motifs is 2. The number of amides is 1. The van der Waals surface area contributed by atoms with Crippen molar-refractivity contribution < 1.29 is 41.0 Å². The van der Waals surface area contributed by atoms with Crippen molar-refractivity contribution in [1.29, 1.82) is 0 Å². The molecule has 12 heteroatoms. The second-order valence-corrected chi connectivity index (χ2v) is 7.61. The van der Waals surface area contributed by atoms with Gasteiger partial charge in [0, 0.05) is 19.0 Å². The zero-order valence-corrected chi connectivity index (χ0v) is 16.7. The molecule has 1 N–H and O–H groups in total. The molecule has 2 aliphatic rings. The topological polar surface area (TPSA) is 74.6 Å². The van der Waals surface area contributed by atoms with Crippen molar-refractivity contribution in [2.24, 2.45) is 0 Å². The van der Waals surface area contributed by atoms with Gasteiger partial charge >= 0.3 is 6.18 Å². The molecular formula is C20H20F5N3O4. The van der Waals surface area contributed by atoms with Gasteiger partial charge in [-0.2, -0.15) is 18.3 Å². The first-order valence-corrected chi connectivity index (χ1v) is 9.90. The summed E-state index contributed by atoms with van der Waals surface area (Å²) in [7, 11) is 0. The molecule has 2 unspecified atom stereocenters. The Bertz CT molecular complexity index is 979. The van der Waals surface area contributed by atoms with E-state index in [1.165, 1.54) is 10.7 Å². The number of rotatable bonds is 6. The summed E-state index contributed by atoms with van der Waals surface area (Å²) in [5.74, 6) is 0.185. The van der Waals surface area contributed by atoms with Gasteiger partial charge in [-0.05, 0) is 29.7 Å². The fourth-order valence-corrected chi connectivity index (χ4v) is 3.58. The second kappa shape index (κ2) is 8.93. The van der Waals surface area contributed by atoms with Gasteiger partial charge in [0.15, 0.2) is 11.8 Å². The van der Waals surface area contributed by atoms with E-state index in [4.69, 9.17) is 9.47 Å². The molecule has 1 amide bonds. The van der Waals surface area contributed by atoms with E-state index in [0.717, 1.165) is 5.56 Å². The third kappa shape index (κ3) is 5.29. The van der Waals surface area contributed by atoms with Crippen LogP contribution in [0, 0.1) is 0 Å². The van der Waals surface area contributed by atoms with Gasteiger partial charge in [0.1, 0.15) is 19.0 Å². The van der Waals surface area contributed by atoms with Gasteiger partial charge in [0.05, 0.1) is 12.6 Å². The lowest BCUT2D eigenvalue weighted by Gasteiger charge is -2.26. The summed E-state index contributed by atoms with van der Waals surface area (Å²) in [5, 5.41) is 6.89. The maximum atomic E-state index is 12.9. The van der Waals surface area contributed by atoms with E-state index in [-0.39, 0.29) is 37.8 Å². The molecule has 0 fully saturated rings. The number of halogens is 5. The maximum absolute atomic E-state index is 12.9. The molecular weight excluding hydrogens is 441 g/mol. The van der Waals surface area contributed by atoms with Crippen LogP contribution in [0.15, 0.2) is 24.3 Å². The van der Waals surface area contributed by atoms with Gasteiger partial charge in [-0.3, -0.25) is 4.79 Å². The van der Waals surface area contributed by atoms with Crippen LogP contribution < -0.4 is 14.8 Å². The van der Waals surface area contributed by atoms with Crippen molar-refractivity contribution in [3.05, 3.63) is 41.1 Å². The first-order chi connectivity index (χ1) is 15.2. The van der Waals surface area contributed by atoms with Crippen LogP contribution in [-0.2, 0) is 24.3 Å². The summed E-state index contributed by atoms with van der Waals surface area (Å²) < 4.78 is 79.3. The van der Waals surface area contributed by atoms with E-state index in [1.807, 2.05) is 0 Å². The molecule has 1 aromatic heterocycles. The molecule has 174 valence electrons. The third-order valence-corrected chi connectivity index (χ3v) is 5.06. The highest BCUT2D eigenvalue weighted by atomic mass is 19.4. The fourth-order valence-electron chi connectivity index (χ4n) is 3.58. The summed E-state index contributed by atoms with van der Waals surface area (Å²) >= 11 is 0. The van der Waals surface area contributed by atoms with Crippen molar-refractivity contribution in [2.75, 3.05) is 13.2 Å². The zero-order chi connectivity index (χ0) is 22.9. The van der Waals surface area contributed by atoms with Gasteiger partial charge in [-0.15, -0.1) is 0 Å². The Morgan fingerprint density at radius 3 is 2.88 bits per heavy atom. The molecule has 32 heavy (non-hydrogen) atoms. The molecule has 0 bridgehead atoms. The minimum absolute atomic E-state index is 0.0371. The number of hydrogen-bond donors (Lipinski definition) is 1. The van der Waals surface area contributed by atoms with E-state index >= 15 is 0 Å². The van der Waals surface area contributed by atoms with Crippen LogP contribution in [0.5, 0.6) is 11.6 Å². The summed E-state index contributed by atoms with van der Waals surface area (Å²) in [5.41, 5.74) is 1.31. The first kappa shape index (κ1) is 22.3. The summed E-state index contributed by atoms with van der Waals surface area (Å²) in [4.78, 5) is 12.6. The minimum atomic E-state index is -4.40. The largest absolute Gasteiger partial charge is 0.491 e. The average Bonchev–Trinajstić information content (AvgIpc) is 3.16. The molecule has 7 nitrogen and oxygen atoms in total. The lowest BCUT2D eigenvalue weighted by Crippen LogP contribution is -2.43. The van der Waals surface area contributed by atoms with Crippen molar-refractivity contribution in [2.45, 2.75) is 50.7 Å². The zero-order valence-electron chi connectivity index (χ0n) is 16.7. The summed E-state index contributed by atoms with van der Waals surface area (Å²) in [6, 6.07) is 5.86. The Kier molecular flexibility index (Phi) is 6.22. The maximum Gasteiger partial charge on any atom is 0.411 e. The van der Waals surface area contributed by atoms with Crippen molar-refractivity contribution in [1.82, 2.24) is 15.1 Å². The summed E-state index contributed by atoms with van der Waals surface area (Å²) in [6.45, 7) is -1.13. The van der Waals surface area contributed by atoms with Gasteiger partial charge in [0.25, 0.3) is 12.3 Å². The Morgan fingerprint density at radius 2 is 2.12 bits per heavy atom. The van der Waals surface area contributed by atoms with Gasteiger partial charge in [0.2, 0.25) is 5.88 Å². The number of hydrogen-bond acceptors (Lipinski definition) is 5. The minimum Gasteiger partial charge on any atom is -0.491 e. The van der Waals surface area contributed by atoms with Crippen molar-refractivity contribution in [3.63, 3.8) is 0 Å². The molecule has 2 atom stereocenters. The van der Waals surface area contributed by atoms with Crippen LogP contribution >= 0.6 is 0 Å². The molecule has 0 saturated heterocycles. The standard InChI is InChI=1S/C20H20F5N3O4/c21-18(22)16-3-4-28-17(32-16)7-14(27-28)19(29)26-13-6-12-5-11(1-2-15(12)31-9-13)8-30-10-20(23,24)25/h1-2,5,7,13,16,18H,3-4,6,8-10H2,(H,26,29). The lowest BCUT2D eigenvalue weighted by atomic mass is 10.0. The van der Waals surface area contributed by atoms with Crippen LogP contribution in [0.4, 0.5) is 22.0 Å². The van der Waals surface area contributed by atoms with E-state index in [2.05, 4.69) is 15.2 Å². The molecule has 0 aliphatic carbocycles. The van der Waals surface area contributed by atoms with Gasteiger partial charge in [-0.25, -0.2) is 13.5 Å². The van der Waals surface area contributed by atoms with E-state index < -0.39 is 37.3 Å². The van der Waals surface area contributed by atoms with Gasteiger partial charge < -0.3 is 19.5 Å². The van der Waals surface area contributed by atoms with E-state index in [9.17, 15) is 26.7 Å². The monoisotopic (exact) mass is 461 g/mol. The fraction of sp³-hybridized carbons (Fsp3) is 0.500. The van der Waals surface area contributed by atoms with Crippen molar-refractivity contribution in [3.8, 4) is 11.6 Å². The molecule has 2 aliphatic heterocycles. The summed E-state index contributed by atoms with van der Waals surface area (Å²) in [6.07, 6.45) is -7.77. The predicted molar refractivity (Wildman–Crippen MR) is 99.9 cm³/mol. The molecule has 2 aromatic rings. The number of alkyl halides is 5. The predicted octanol–water partition coefficient (Wildman–Crippen LogP) is 3.11. The normalized spacial score (nSPS) is 20.2. The van der Waals surface area contributed by atoms with Crippen LogP contribution in [0.25, 0.3) is 0 Å². The molecule has 0 saturated carbocycles.